The number of carbonyl (C=O) groups excluding carboxylic acids is 3. The van der Waals surface area contributed by atoms with Gasteiger partial charge in [0.15, 0.2) is 11.5 Å². The van der Waals surface area contributed by atoms with Crippen molar-refractivity contribution in [2.75, 3.05) is 55.2 Å². The van der Waals surface area contributed by atoms with Gasteiger partial charge in [0.1, 0.15) is 11.9 Å². The summed E-state index contributed by atoms with van der Waals surface area (Å²) in [6.07, 6.45) is -0.315. The molecule has 0 radical (unpaired) electrons. The van der Waals surface area contributed by atoms with Crippen LogP contribution in [-0.2, 0) is 6.54 Å². The van der Waals surface area contributed by atoms with E-state index in [-0.39, 0.29) is 42.8 Å². The minimum atomic E-state index is -0.503. The largest absolute Gasteiger partial charge is 0.488 e. The Bertz CT molecular complexity index is 1900. The highest BCUT2D eigenvalue weighted by Gasteiger charge is 2.33. The maximum Gasteiger partial charge on any atom is 0.323 e. The molecular formula is C38H42N6O7. The lowest BCUT2D eigenvalue weighted by atomic mass is 9.99. The zero-order valence-electron chi connectivity index (χ0n) is 28.7. The number of carbonyl (C=O) groups is 3. The van der Waals surface area contributed by atoms with Crippen LogP contribution in [0.4, 0.5) is 27.5 Å². The van der Waals surface area contributed by atoms with Gasteiger partial charge in [-0.25, -0.2) is 4.79 Å². The molecule has 0 aromatic heterocycles. The highest BCUT2D eigenvalue weighted by Crippen LogP contribution is 2.35. The Morgan fingerprint density at radius 2 is 1.63 bits per heavy atom. The van der Waals surface area contributed by atoms with Crippen molar-refractivity contribution >= 4 is 40.6 Å². The van der Waals surface area contributed by atoms with E-state index in [0.29, 0.717) is 65.2 Å². The monoisotopic (exact) mass is 694 g/mol. The van der Waals surface area contributed by atoms with Crippen LogP contribution in [-0.4, -0.2) is 78.4 Å². The number of nitrogens with zero attached hydrogens (tertiary/aromatic N) is 2. The highest BCUT2D eigenvalue weighted by molar-refractivity contribution is 6.06. The van der Waals surface area contributed by atoms with E-state index in [1.807, 2.05) is 38.2 Å². The van der Waals surface area contributed by atoms with E-state index in [1.54, 1.807) is 72.5 Å². The molecule has 6 N–H and O–H groups in total. The maximum atomic E-state index is 13.9. The molecule has 4 aromatic rings. The summed E-state index contributed by atoms with van der Waals surface area (Å²) in [6, 6.07) is 23.6. The normalized spacial score (nSPS) is 17.1. The molecule has 0 saturated carbocycles. The predicted octanol–water partition coefficient (Wildman–Crippen LogP) is 5.25. The second kappa shape index (κ2) is 15.4. The molecule has 2 aliphatic heterocycles. The van der Waals surface area contributed by atoms with Gasteiger partial charge >= 0.3 is 6.03 Å². The minimum Gasteiger partial charge on any atom is -0.488 e. The van der Waals surface area contributed by atoms with Crippen LogP contribution in [0, 0.1) is 5.92 Å². The first-order valence-corrected chi connectivity index (χ1v) is 16.7. The number of anilines is 4. The highest BCUT2D eigenvalue weighted by atomic mass is 16.7. The number of aliphatic hydroxyl groups is 1. The summed E-state index contributed by atoms with van der Waals surface area (Å²) in [5.41, 5.74) is 9.74. The molecule has 0 saturated heterocycles. The summed E-state index contributed by atoms with van der Waals surface area (Å²) < 4.78 is 17.3. The van der Waals surface area contributed by atoms with Gasteiger partial charge in [-0.3, -0.25) is 14.5 Å². The van der Waals surface area contributed by atoms with Gasteiger partial charge in [0.2, 0.25) is 6.79 Å². The smallest absolute Gasteiger partial charge is 0.323 e. The lowest BCUT2D eigenvalue weighted by molar-refractivity contribution is 0.0341. The molecule has 0 unspecified atom stereocenters. The molecule has 4 aromatic carbocycles. The first-order valence-electron chi connectivity index (χ1n) is 16.7. The number of hydrogen-bond acceptors (Lipinski definition) is 9. The van der Waals surface area contributed by atoms with Crippen LogP contribution in [0.3, 0.4) is 0 Å². The number of nitrogen functional groups attached to an aromatic ring is 1. The van der Waals surface area contributed by atoms with Crippen LogP contribution in [0.5, 0.6) is 17.2 Å². The third kappa shape index (κ3) is 8.34. The zero-order chi connectivity index (χ0) is 36.1. The van der Waals surface area contributed by atoms with E-state index < -0.39 is 12.1 Å². The molecule has 13 heteroatoms. The molecule has 266 valence electrons. The van der Waals surface area contributed by atoms with Gasteiger partial charge in [0.05, 0.1) is 29.6 Å². The number of fused-ring (bicyclic) bond motifs is 2. The Hall–Kier alpha value is -5.79. The molecule has 51 heavy (non-hydrogen) atoms. The van der Waals surface area contributed by atoms with Crippen molar-refractivity contribution in [2.24, 2.45) is 5.92 Å². The second-order valence-corrected chi connectivity index (χ2v) is 12.9. The molecule has 0 fully saturated rings. The van der Waals surface area contributed by atoms with Gasteiger partial charge in [-0.15, -0.1) is 0 Å². The molecule has 2 aliphatic rings. The summed E-state index contributed by atoms with van der Waals surface area (Å²) in [6.45, 7) is 5.22. The number of aliphatic hydroxyl groups excluding tert-OH is 1. The summed E-state index contributed by atoms with van der Waals surface area (Å²) >= 11 is 0. The number of urea groups is 1. The zero-order valence-corrected chi connectivity index (χ0v) is 28.7. The van der Waals surface area contributed by atoms with E-state index in [2.05, 4.69) is 20.9 Å². The lowest BCUT2D eigenvalue weighted by Gasteiger charge is -2.38. The standard InChI is InChI=1S/C38H42N6O7/c1-23-18-44(24(2)21-45)37(47)29-16-27(40-38(48)41-28-13-15-33-34(17-28)50-22-49-33)12-14-32(29)51-35(23)20-43(3)19-25-8-10-26(11-9-25)36(46)42-31-7-5-4-6-30(31)39/h4-17,23-24,35,45H,18-22,39H2,1-3H3,(H,42,46)(H2,40,41,48)/t23-,24-,35-/m1/s1. The quantitative estimate of drug-likeness (QED) is 0.139. The van der Waals surface area contributed by atoms with E-state index in [0.717, 1.165) is 5.56 Å². The fraction of sp³-hybridized carbons (Fsp3) is 0.289. The van der Waals surface area contributed by atoms with Crippen molar-refractivity contribution in [3.8, 4) is 17.2 Å². The molecule has 13 nitrogen and oxygen atoms in total. The van der Waals surface area contributed by atoms with Crippen molar-refractivity contribution in [1.29, 1.82) is 0 Å². The molecule has 0 spiro atoms. The van der Waals surface area contributed by atoms with Crippen molar-refractivity contribution in [2.45, 2.75) is 32.5 Å². The average Bonchev–Trinajstić information content (AvgIpc) is 3.59. The summed E-state index contributed by atoms with van der Waals surface area (Å²) in [7, 11) is 1.99. The van der Waals surface area contributed by atoms with E-state index in [1.165, 1.54) is 0 Å². The first-order chi connectivity index (χ1) is 24.6. The molecular weight excluding hydrogens is 652 g/mol. The van der Waals surface area contributed by atoms with Crippen LogP contribution in [0.15, 0.2) is 84.9 Å². The topological polar surface area (TPSA) is 168 Å². The predicted molar refractivity (Wildman–Crippen MR) is 194 cm³/mol. The van der Waals surface area contributed by atoms with Crippen LogP contribution < -0.4 is 35.9 Å². The van der Waals surface area contributed by atoms with Gasteiger partial charge in [-0.1, -0.05) is 31.2 Å². The Balaban J connectivity index is 1.13. The number of amides is 4. The summed E-state index contributed by atoms with van der Waals surface area (Å²) in [5.74, 6) is 0.896. The minimum absolute atomic E-state index is 0.0830. The Kier molecular flexibility index (Phi) is 10.6. The number of nitrogens with two attached hydrogens (primary N) is 1. The van der Waals surface area contributed by atoms with Crippen molar-refractivity contribution in [3.05, 3.63) is 102 Å². The number of para-hydroxylation sites is 2. The Labute approximate surface area is 296 Å². The second-order valence-electron chi connectivity index (χ2n) is 12.9. The molecule has 3 atom stereocenters. The maximum absolute atomic E-state index is 13.9. The molecule has 4 amide bonds. The van der Waals surface area contributed by atoms with Gasteiger partial charge in [0, 0.05) is 48.6 Å². The van der Waals surface area contributed by atoms with E-state index in [9.17, 15) is 19.5 Å². The van der Waals surface area contributed by atoms with Crippen LogP contribution in [0.1, 0.15) is 40.1 Å². The summed E-state index contributed by atoms with van der Waals surface area (Å²) in [5, 5.41) is 18.4. The van der Waals surface area contributed by atoms with Crippen molar-refractivity contribution in [1.82, 2.24) is 9.80 Å². The Morgan fingerprint density at radius 3 is 2.35 bits per heavy atom. The number of nitrogens with one attached hydrogen (secondary N) is 3. The third-order valence-electron chi connectivity index (χ3n) is 8.92. The summed E-state index contributed by atoms with van der Waals surface area (Å²) in [4.78, 5) is 43.3. The van der Waals surface area contributed by atoms with Gasteiger partial charge in [0.25, 0.3) is 11.8 Å². The number of hydrogen-bond donors (Lipinski definition) is 5. The SMILES string of the molecule is C[C@@H]1CN([C@H](C)CO)C(=O)c2cc(NC(=O)Nc3ccc4c(c3)OCO4)ccc2O[C@@H]1CN(C)Cc1ccc(C(=O)Nc2ccccc2N)cc1. The Morgan fingerprint density at radius 1 is 0.941 bits per heavy atom. The molecule has 2 heterocycles. The van der Waals surface area contributed by atoms with Gasteiger partial charge in [-0.05, 0) is 74.1 Å². The molecule has 0 aliphatic carbocycles. The van der Waals surface area contributed by atoms with Crippen molar-refractivity contribution in [3.63, 3.8) is 0 Å². The average molecular weight is 695 g/mol. The number of ether oxygens (including phenoxy) is 3. The van der Waals surface area contributed by atoms with E-state index in [4.69, 9.17) is 19.9 Å². The van der Waals surface area contributed by atoms with Crippen molar-refractivity contribution < 1.29 is 33.7 Å². The number of likely N-dealkylation sites (N-methyl/N-ethyl adjacent to an activating group) is 1. The van der Waals surface area contributed by atoms with E-state index >= 15 is 0 Å². The van der Waals surface area contributed by atoms with Crippen LogP contribution in [0.25, 0.3) is 0 Å². The fourth-order valence-corrected chi connectivity index (χ4v) is 6.04. The lowest BCUT2D eigenvalue weighted by Crippen LogP contribution is -2.49. The first kappa shape index (κ1) is 35.1. The van der Waals surface area contributed by atoms with Crippen LogP contribution >= 0.6 is 0 Å². The number of rotatable bonds is 10. The molecule has 0 bridgehead atoms. The van der Waals surface area contributed by atoms with Gasteiger partial charge in [-0.2, -0.15) is 0 Å². The molecule has 6 rings (SSSR count). The van der Waals surface area contributed by atoms with Crippen LogP contribution in [0.2, 0.25) is 0 Å². The van der Waals surface area contributed by atoms with Gasteiger partial charge < -0.3 is 45.9 Å². The number of benzene rings is 4. The fourth-order valence-electron chi connectivity index (χ4n) is 6.04. The third-order valence-corrected chi connectivity index (χ3v) is 8.92.